The fourth-order valence-corrected chi connectivity index (χ4v) is 4.66. The van der Waals surface area contributed by atoms with Crippen LogP contribution in [-0.4, -0.2) is 37.7 Å². The summed E-state index contributed by atoms with van der Waals surface area (Å²) >= 11 is 0. The minimum absolute atomic E-state index is 0.145. The Morgan fingerprint density at radius 2 is 0.973 bits per heavy atom. The molecule has 0 unspecified atom stereocenters. The van der Waals surface area contributed by atoms with E-state index in [-0.39, 0.29) is 35.1 Å². The lowest BCUT2D eigenvalue weighted by Gasteiger charge is -2.27. The molecule has 3 aromatic carbocycles. The Morgan fingerprint density at radius 1 is 0.622 bits per heavy atom. The Balaban J connectivity index is 1.88. The number of hydrogen-bond donors (Lipinski definition) is 0. The summed E-state index contributed by atoms with van der Waals surface area (Å²) in [5.74, 6) is -2.21. The lowest BCUT2D eigenvalue weighted by atomic mass is 9.71. The average Bonchev–Trinajstić information content (AvgIpc) is 3.14. The van der Waals surface area contributed by atoms with Gasteiger partial charge in [0, 0.05) is 35.1 Å². The van der Waals surface area contributed by atoms with E-state index < -0.39 is 28.9 Å². The van der Waals surface area contributed by atoms with Gasteiger partial charge < -0.3 is 9.47 Å². The maximum atomic E-state index is 13.9. The minimum Gasteiger partial charge on any atom is -0.466 e. The van der Waals surface area contributed by atoms with Crippen molar-refractivity contribution in [1.29, 1.82) is 0 Å². The van der Waals surface area contributed by atoms with Gasteiger partial charge in [0.15, 0.2) is 11.6 Å². The second-order valence-electron chi connectivity index (χ2n) is 8.78. The van der Waals surface area contributed by atoms with E-state index in [9.17, 15) is 19.2 Å². The molecule has 0 aromatic heterocycles. The average molecular weight is 495 g/mol. The highest BCUT2D eigenvalue weighted by Crippen LogP contribution is 2.46. The molecule has 0 amide bonds. The van der Waals surface area contributed by atoms with Crippen LogP contribution in [0.5, 0.6) is 0 Å². The first-order valence-corrected chi connectivity index (χ1v) is 11.8. The topological polar surface area (TPSA) is 86.7 Å². The van der Waals surface area contributed by atoms with Gasteiger partial charge in [-0.2, -0.15) is 0 Å². The van der Waals surface area contributed by atoms with Crippen molar-refractivity contribution in [1.82, 2.24) is 0 Å². The molecule has 0 saturated heterocycles. The number of methoxy groups -OCH3 is 2. The molecular weight excluding hydrogens is 468 g/mol. The van der Waals surface area contributed by atoms with Crippen molar-refractivity contribution in [3.05, 3.63) is 118 Å². The SMILES string of the molecule is COC(=O)/C(=C/c1ccccc1)CC1(C/C(=C\c2ccccc2)C(=O)OC)C(=O)c2ccccc2C1=O. The number of Topliss-reactive ketones (excluding diaryl/α,β-unsaturated/α-hetero) is 2. The highest BCUT2D eigenvalue weighted by Gasteiger charge is 2.54. The van der Waals surface area contributed by atoms with Crippen LogP contribution >= 0.6 is 0 Å². The Labute approximate surface area is 215 Å². The fraction of sp³-hybridized carbons (Fsp3) is 0.161. The summed E-state index contributed by atoms with van der Waals surface area (Å²) in [6, 6.07) is 24.7. The number of hydrogen-bond acceptors (Lipinski definition) is 6. The number of rotatable bonds is 8. The summed E-state index contributed by atoms with van der Waals surface area (Å²) < 4.78 is 10.0. The van der Waals surface area contributed by atoms with Gasteiger partial charge in [-0.15, -0.1) is 0 Å². The molecule has 0 fully saturated rings. The minimum atomic E-state index is -1.73. The standard InChI is InChI=1S/C31H26O6/c1-36-29(34)23(17-21-11-5-3-6-12-21)19-31(27(32)25-15-9-10-16-26(25)28(31)33)20-24(30(35)37-2)18-22-13-7-4-8-14-22/h3-18H,19-20H2,1-2H3/b23-17+,24-18+. The van der Waals surface area contributed by atoms with Gasteiger partial charge >= 0.3 is 11.9 Å². The van der Waals surface area contributed by atoms with Crippen LogP contribution in [0, 0.1) is 5.41 Å². The van der Waals surface area contributed by atoms with Gasteiger partial charge in [0.1, 0.15) is 5.41 Å². The van der Waals surface area contributed by atoms with Crippen LogP contribution in [0.1, 0.15) is 44.7 Å². The van der Waals surface area contributed by atoms with Crippen LogP contribution in [-0.2, 0) is 19.1 Å². The van der Waals surface area contributed by atoms with Gasteiger partial charge in [0.05, 0.1) is 14.2 Å². The maximum Gasteiger partial charge on any atom is 0.333 e. The highest BCUT2D eigenvalue weighted by atomic mass is 16.5. The van der Waals surface area contributed by atoms with E-state index in [4.69, 9.17) is 9.47 Å². The quantitative estimate of drug-likeness (QED) is 0.239. The summed E-state index contributed by atoms with van der Waals surface area (Å²) in [5.41, 5.74) is 0.510. The van der Waals surface area contributed by atoms with Crippen LogP contribution in [0.3, 0.4) is 0 Å². The number of ether oxygens (including phenoxy) is 2. The predicted molar refractivity (Wildman–Crippen MR) is 140 cm³/mol. The molecule has 3 aromatic rings. The zero-order valence-corrected chi connectivity index (χ0v) is 20.6. The van der Waals surface area contributed by atoms with Crippen molar-refractivity contribution in [2.45, 2.75) is 12.8 Å². The van der Waals surface area contributed by atoms with E-state index in [0.717, 1.165) is 0 Å². The van der Waals surface area contributed by atoms with E-state index in [1.165, 1.54) is 14.2 Å². The predicted octanol–water partition coefficient (Wildman–Crippen LogP) is 5.35. The van der Waals surface area contributed by atoms with Gasteiger partial charge in [-0.05, 0) is 23.3 Å². The maximum absolute atomic E-state index is 13.9. The van der Waals surface area contributed by atoms with Gasteiger partial charge in [0.25, 0.3) is 0 Å². The van der Waals surface area contributed by atoms with Crippen molar-refractivity contribution in [3.8, 4) is 0 Å². The highest BCUT2D eigenvalue weighted by molar-refractivity contribution is 6.30. The lowest BCUT2D eigenvalue weighted by molar-refractivity contribution is -0.136. The second-order valence-corrected chi connectivity index (χ2v) is 8.78. The molecule has 0 heterocycles. The summed E-state index contributed by atoms with van der Waals surface area (Å²) in [4.78, 5) is 53.7. The molecule has 0 atom stereocenters. The zero-order valence-electron chi connectivity index (χ0n) is 20.6. The molecule has 6 heteroatoms. The molecule has 37 heavy (non-hydrogen) atoms. The fourth-order valence-electron chi connectivity index (χ4n) is 4.66. The van der Waals surface area contributed by atoms with Gasteiger partial charge in [-0.3, -0.25) is 9.59 Å². The van der Waals surface area contributed by atoms with Crippen molar-refractivity contribution < 1.29 is 28.7 Å². The summed E-state index contributed by atoms with van der Waals surface area (Å²) in [7, 11) is 2.49. The second kappa shape index (κ2) is 11.0. The summed E-state index contributed by atoms with van der Waals surface area (Å²) in [6.45, 7) is 0. The normalized spacial score (nSPS) is 14.8. The Bertz CT molecular complexity index is 1290. The third-order valence-corrected chi connectivity index (χ3v) is 6.45. The van der Waals surface area contributed by atoms with Crippen molar-refractivity contribution in [3.63, 3.8) is 0 Å². The molecule has 0 bridgehead atoms. The third kappa shape index (κ3) is 5.19. The number of benzene rings is 3. The van der Waals surface area contributed by atoms with Crippen molar-refractivity contribution in [2.75, 3.05) is 14.2 Å². The van der Waals surface area contributed by atoms with E-state index in [2.05, 4.69) is 0 Å². The van der Waals surface area contributed by atoms with Crippen LogP contribution in [0.25, 0.3) is 12.2 Å². The van der Waals surface area contributed by atoms with E-state index >= 15 is 0 Å². The van der Waals surface area contributed by atoms with Gasteiger partial charge in [0.2, 0.25) is 0 Å². The van der Waals surface area contributed by atoms with E-state index in [0.29, 0.717) is 11.1 Å². The molecule has 0 spiro atoms. The number of carbonyl (C=O) groups is 4. The molecule has 0 N–H and O–H groups in total. The van der Waals surface area contributed by atoms with Gasteiger partial charge in [-0.1, -0.05) is 84.9 Å². The van der Waals surface area contributed by atoms with E-state index in [1.807, 2.05) is 36.4 Å². The monoisotopic (exact) mass is 494 g/mol. The van der Waals surface area contributed by atoms with Crippen LogP contribution < -0.4 is 0 Å². The largest absolute Gasteiger partial charge is 0.466 e. The molecule has 186 valence electrons. The molecule has 6 nitrogen and oxygen atoms in total. The Morgan fingerprint density at radius 3 is 1.32 bits per heavy atom. The molecule has 0 saturated carbocycles. The first kappa shape index (κ1) is 25.5. The number of carbonyl (C=O) groups excluding carboxylic acids is 4. The third-order valence-electron chi connectivity index (χ3n) is 6.45. The molecular formula is C31H26O6. The molecule has 0 radical (unpaired) electrons. The first-order chi connectivity index (χ1) is 17.9. The first-order valence-electron chi connectivity index (χ1n) is 11.8. The smallest absolute Gasteiger partial charge is 0.333 e. The van der Waals surface area contributed by atoms with Gasteiger partial charge in [-0.25, -0.2) is 9.59 Å². The zero-order chi connectivity index (χ0) is 26.4. The molecule has 4 rings (SSSR count). The molecule has 1 aliphatic rings. The number of ketones is 2. The number of esters is 2. The van der Waals surface area contributed by atoms with Crippen LogP contribution in [0.15, 0.2) is 96.1 Å². The van der Waals surface area contributed by atoms with Crippen LogP contribution in [0.4, 0.5) is 0 Å². The Hall–Kier alpha value is -4.58. The lowest BCUT2D eigenvalue weighted by Crippen LogP contribution is -2.36. The van der Waals surface area contributed by atoms with Crippen molar-refractivity contribution in [2.24, 2.45) is 5.41 Å². The van der Waals surface area contributed by atoms with Crippen LogP contribution in [0.2, 0.25) is 0 Å². The van der Waals surface area contributed by atoms with E-state index in [1.54, 1.807) is 60.7 Å². The Kier molecular flexibility index (Phi) is 7.58. The van der Waals surface area contributed by atoms with Crippen molar-refractivity contribution >= 4 is 35.7 Å². The molecule has 1 aliphatic carbocycles. The molecule has 0 aliphatic heterocycles. The number of fused-ring (bicyclic) bond motifs is 1. The summed E-state index contributed by atoms with van der Waals surface area (Å²) in [6.07, 6.45) is 2.72. The summed E-state index contributed by atoms with van der Waals surface area (Å²) in [5, 5.41) is 0.